The summed E-state index contributed by atoms with van der Waals surface area (Å²) < 4.78 is 1.99. The second-order valence-electron chi connectivity index (χ2n) is 1.35. The Balaban J connectivity index is 3.72. The molecule has 0 saturated carbocycles. The van der Waals surface area contributed by atoms with Crippen molar-refractivity contribution in [2.75, 3.05) is 0 Å². The van der Waals surface area contributed by atoms with Crippen LogP contribution in [0.25, 0.3) is 0 Å². The molecule has 0 unspecified atom stereocenters. The Morgan fingerprint density at radius 2 is 2.38 bits per heavy atom. The van der Waals surface area contributed by atoms with Gasteiger partial charge in [0.15, 0.2) is 0 Å². The highest BCUT2D eigenvalue weighted by Crippen LogP contribution is 2.04. The predicted molar refractivity (Wildman–Crippen MR) is 50.5 cm³/mol. The van der Waals surface area contributed by atoms with E-state index in [1.807, 2.05) is 15.6 Å². The highest BCUT2D eigenvalue weighted by Gasteiger charge is 1.80. The second kappa shape index (κ2) is 5.69. The van der Waals surface area contributed by atoms with Crippen LogP contribution in [0.3, 0.4) is 0 Å². The van der Waals surface area contributed by atoms with Gasteiger partial charge in [-0.2, -0.15) is 12.6 Å². The summed E-state index contributed by atoms with van der Waals surface area (Å²) in [5.41, 5.74) is 1.27. The molecule has 0 radical (unpaired) electrons. The molecule has 0 atom stereocenters. The molecule has 0 saturated heterocycles. The summed E-state index contributed by atoms with van der Waals surface area (Å²) in [6.45, 7) is 2.11. The third kappa shape index (κ3) is 3.55. The van der Waals surface area contributed by atoms with Gasteiger partial charge in [0.25, 0.3) is 0 Å². The molecule has 46 valence electrons. The van der Waals surface area contributed by atoms with E-state index in [1.54, 1.807) is 0 Å². The van der Waals surface area contributed by atoms with Crippen LogP contribution in [-0.4, -0.2) is 0 Å². The van der Waals surface area contributed by atoms with Gasteiger partial charge in [-0.25, -0.2) is 0 Å². The van der Waals surface area contributed by atoms with E-state index in [9.17, 15) is 0 Å². The maximum atomic E-state index is 4.01. The van der Waals surface area contributed by atoms with Crippen molar-refractivity contribution < 1.29 is 0 Å². The average Bonchev–Trinajstić information content (AvgIpc) is 1.83. The zero-order valence-corrected chi connectivity index (χ0v) is 7.82. The first-order chi connectivity index (χ1) is 3.85. The molecule has 2 heteroatoms. The first-order valence-electron chi connectivity index (χ1n) is 2.45. The SMILES string of the molecule is CCC(/C=C\I)=C/S. The number of hydrogen-bond acceptors (Lipinski definition) is 1. The Morgan fingerprint density at radius 1 is 1.75 bits per heavy atom. The summed E-state index contributed by atoms with van der Waals surface area (Å²) in [6, 6.07) is 0. The Kier molecular flexibility index (Phi) is 6.09. The Labute approximate surface area is 69.6 Å². The summed E-state index contributed by atoms with van der Waals surface area (Å²) in [6.07, 6.45) is 3.11. The van der Waals surface area contributed by atoms with Crippen LogP contribution in [-0.2, 0) is 0 Å². The van der Waals surface area contributed by atoms with Crippen LogP contribution in [0.1, 0.15) is 13.3 Å². The fourth-order valence-corrected chi connectivity index (χ4v) is 1.06. The van der Waals surface area contributed by atoms with Crippen LogP contribution in [0, 0.1) is 0 Å². The molecule has 0 amide bonds. The molecule has 0 aliphatic heterocycles. The summed E-state index contributed by atoms with van der Waals surface area (Å²) >= 11 is 6.21. The molecule has 0 fully saturated rings. The van der Waals surface area contributed by atoms with E-state index in [2.05, 4.69) is 42.1 Å². The number of hydrogen-bond donors (Lipinski definition) is 1. The van der Waals surface area contributed by atoms with Crippen molar-refractivity contribution in [1.82, 2.24) is 0 Å². The summed E-state index contributed by atoms with van der Waals surface area (Å²) in [4.78, 5) is 0. The molecule has 8 heavy (non-hydrogen) atoms. The maximum absolute atomic E-state index is 4.01. The largest absolute Gasteiger partial charge is 0.151 e. The summed E-state index contributed by atoms with van der Waals surface area (Å²) in [5.74, 6) is 0. The number of thiol groups is 1. The van der Waals surface area contributed by atoms with Crippen LogP contribution >= 0.6 is 35.2 Å². The summed E-state index contributed by atoms with van der Waals surface area (Å²) in [5, 5.41) is 1.83. The highest BCUT2D eigenvalue weighted by atomic mass is 127. The van der Waals surface area contributed by atoms with E-state index >= 15 is 0 Å². The van der Waals surface area contributed by atoms with Crippen molar-refractivity contribution in [2.24, 2.45) is 0 Å². The fraction of sp³-hybridized carbons (Fsp3) is 0.333. The quantitative estimate of drug-likeness (QED) is 0.428. The first kappa shape index (κ1) is 8.56. The molecule has 0 aromatic heterocycles. The molecule has 0 heterocycles. The Morgan fingerprint density at radius 3 is 2.50 bits per heavy atom. The van der Waals surface area contributed by atoms with Gasteiger partial charge in [0, 0.05) is 0 Å². The molecule has 0 aliphatic rings. The lowest BCUT2D eigenvalue weighted by atomic mass is 10.2. The van der Waals surface area contributed by atoms with Crippen molar-refractivity contribution in [3.63, 3.8) is 0 Å². The van der Waals surface area contributed by atoms with Crippen molar-refractivity contribution >= 4 is 35.2 Å². The van der Waals surface area contributed by atoms with E-state index in [1.165, 1.54) is 5.57 Å². The van der Waals surface area contributed by atoms with Gasteiger partial charge in [-0.1, -0.05) is 35.6 Å². The van der Waals surface area contributed by atoms with Crippen LogP contribution in [0.2, 0.25) is 0 Å². The van der Waals surface area contributed by atoms with Gasteiger partial charge in [-0.3, -0.25) is 0 Å². The van der Waals surface area contributed by atoms with Gasteiger partial charge in [0.2, 0.25) is 0 Å². The number of rotatable bonds is 2. The van der Waals surface area contributed by atoms with Crippen molar-refractivity contribution in [3.8, 4) is 0 Å². The molecule has 0 spiro atoms. The molecule has 0 aromatic rings. The van der Waals surface area contributed by atoms with Crippen molar-refractivity contribution in [3.05, 3.63) is 21.1 Å². The first-order valence-corrected chi connectivity index (χ1v) is 4.21. The predicted octanol–water partition coefficient (Wildman–Crippen LogP) is 3.16. The van der Waals surface area contributed by atoms with Gasteiger partial charge in [0.05, 0.1) is 0 Å². The smallest absolute Gasteiger partial charge is 0.0231 e. The molecule has 0 bridgehead atoms. The number of halogens is 1. The Hall–Kier alpha value is 0.560. The minimum atomic E-state index is 1.06. The van der Waals surface area contributed by atoms with E-state index in [0.29, 0.717) is 0 Å². The zero-order valence-electron chi connectivity index (χ0n) is 4.76. The van der Waals surface area contributed by atoms with Gasteiger partial charge < -0.3 is 0 Å². The molecule has 0 rings (SSSR count). The van der Waals surface area contributed by atoms with Crippen LogP contribution in [0.5, 0.6) is 0 Å². The lowest BCUT2D eigenvalue weighted by Crippen LogP contribution is -1.67. The lowest BCUT2D eigenvalue weighted by Gasteiger charge is -1.88. The molecule has 0 aliphatic carbocycles. The number of allylic oxidation sites excluding steroid dienone is 2. The third-order valence-corrected chi connectivity index (χ3v) is 1.54. The van der Waals surface area contributed by atoms with Crippen molar-refractivity contribution in [2.45, 2.75) is 13.3 Å². The molecule has 0 nitrogen and oxygen atoms in total. The van der Waals surface area contributed by atoms with E-state index in [0.717, 1.165) is 6.42 Å². The monoisotopic (exact) mass is 240 g/mol. The van der Waals surface area contributed by atoms with E-state index < -0.39 is 0 Å². The summed E-state index contributed by atoms with van der Waals surface area (Å²) in [7, 11) is 0. The third-order valence-electron chi connectivity index (χ3n) is 0.851. The van der Waals surface area contributed by atoms with Crippen LogP contribution < -0.4 is 0 Å². The normalized spacial score (nSPS) is 13.1. The highest BCUT2D eigenvalue weighted by molar-refractivity contribution is 14.1. The molecular weight excluding hydrogens is 231 g/mol. The van der Waals surface area contributed by atoms with Crippen molar-refractivity contribution in [1.29, 1.82) is 0 Å². The average molecular weight is 240 g/mol. The molecule has 0 aromatic carbocycles. The Bertz CT molecular complexity index is 102. The molecule has 0 N–H and O–H groups in total. The van der Waals surface area contributed by atoms with Gasteiger partial charge in [0.1, 0.15) is 0 Å². The van der Waals surface area contributed by atoms with E-state index in [4.69, 9.17) is 0 Å². The minimum Gasteiger partial charge on any atom is -0.151 e. The fourth-order valence-electron chi connectivity index (χ4n) is 0.333. The van der Waals surface area contributed by atoms with Gasteiger partial charge in [-0.05, 0) is 21.5 Å². The van der Waals surface area contributed by atoms with Crippen LogP contribution in [0.15, 0.2) is 21.1 Å². The van der Waals surface area contributed by atoms with Gasteiger partial charge >= 0.3 is 0 Å². The standard InChI is InChI=1S/C6H9IS/c1-2-6(5-8)3-4-7/h3-5,8H,2H2,1H3/b4-3-,6-5-. The van der Waals surface area contributed by atoms with E-state index in [-0.39, 0.29) is 0 Å². The van der Waals surface area contributed by atoms with Crippen LogP contribution in [0.4, 0.5) is 0 Å². The molecular formula is C6H9IS. The topological polar surface area (TPSA) is 0 Å². The maximum Gasteiger partial charge on any atom is -0.0231 e. The lowest BCUT2D eigenvalue weighted by molar-refractivity contribution is 1.16. The minimum absolute atomic E-state index is 1.06. The van der Waals surface area contributed by atoms with Gasteiger partial charge in [-0.15, -0.1) is 0 Å². The zero-order chi connectivity index (χ0) is 6.41. The second-order valence-corrected chi connectivity index (χ2v) is 2.33.